The fraction of sp³-hybridized carbons (Fsp3) is 0.478. The second kappa shape index (κ2) is 8.11. The number of imidazole rings is 1. The van der Waals surface area contributed by atoms with Crippen molar-refractivity contribution in [3.05, 3.63) is 42.4 Å². The van der Waals surface area contributed by atoms with Gasteiger partial charge in [-0.15, -0.1) is 0 Å². The number of hydrogen-bond donors (Lipinski definition) is 1. The van der Waals surface area contributed by atoms with E-state index >= 15 is 0 Å². The quantitative estimate of drug-likeness (QED) is 0.497. The third kappa shape index (κ3) is 3.87. The minimum Gasteiger partial charge on any atom is -0.321 e. The van der Waals surface area contributed by atoms with E-state index in [2.05, 4.69) is 33.9 Å². The van der Waals surface area contributed by atoms with Gasteiger partial charge in [0.05, 0.1) is 29.3 Å². The highest BCUT2D eigenvalue weighted by molar-refractivity contribution is 5.85. The number of halogens is 2. The van der Waals surface area contributed by atoms with Crippen molar-refractivity contribution < 1.29 is 8.78 Å². The summed E-state index contributed by atoms with van der Waals surface area (Å²) in [6.07, 6.45) is 6.60. The molecule has 2 N–H and O–H groups in total. The lowest BCUT2D eigenvalue weighted by Gasteiger charge is -2.38. The molecule has 33 heavy (non-hydrogen) atoms. The number of aryl methyl sites for hydroxylation is 1. The summed E-state index contributed by atoms with van der Waals surface area (Å²) in [6.45, 7) is 1.30. The SMILES string of the molecule is Cc1nc2ncc(-c3ccn4nc(C5(N)CCC(N(C)C)CC5)ncc34)cc2n1CC(F)F. The van der Waals surface area contributed by atoms with Gasteiger partial charge in [0, 0.05) is 29.6 Å². The molecule has 0 atom stereocenters. The van der Waals surface area contributed by atoms with Gasteiger partial charge in [-0.25, -0.2) is 28.2 Å². The van der Waals surface area contributed by atoms with E-state index in [-0.39, 0.29) is 0 Å². The Morgan fingerprint density at radius 3 is 2.64 bits per heavy atom. The molecule has 1 aliphatic carbocycles. The van der Waals surface area contributed by atoms with Crippen molar-refractivity contribution in [3.63, 3.8) is 0 Å². The molecule has 0 amide bonds. The van der Waals surface area contributed by atoms with Crippen molar-refractivity contribution in [1.82, 2.24) is 34.0 Å². The Morgan fingerprint density at radius 1 is 1.18 bits per heavy atom. The van der Waals surface area contributed by atoms with Gasteiger partial charge in [0.1, 0.15) is 5.82 Å². The van der Waals surface area contributed by atoms with Crippen molar-refractivity contribution >= 4 is 16.7 Å². The van der Waals surface area contributed by atoms with Crippen LogP contribution in [0.2, 0.25) is 0 Å². The second-order valence-corrected chi connectivity index (χ2v) is 9.22. The first-order chi connectivity index (χ1) is 15.7. The molecular weight excluding hydrogens is 426 g/mol. The van der Waals surface area contributed by atoms with E-state index in [9.17, 15) is 8.78 Å². The van der Waals surface area contributed by atoms with Gasteiger partial charge in [-0.2, -0.15) is 5.10 Å². The molecule has 10 heteroatoms. The van der Waals surface area contributed by atoms with Gasteiger partial charge in [-0.1, -0.05) is 0 Å². The van der Waals surface area contributed by atoms with Crippen LogP contribution >= 0.6 is 0 Å². The molecule has 1 saturated carbocycles. The predicted molar refractivity (Wildman–Crippen MR) is 122 cm³/mol. The molecule has 174 valence electrons. The largest absolute Gasteiger partial charge is 0.321 e. The van der Waals surface area contributed by atoms with Gasteiger partial charge < -0.3 is 15.2 Å². The Morgan fingerprint density at radius 2 is 1.94 bits per heavy atom. The smallest absolute Gasteiger partial charge is 0.256 e. The van der Waals surface area contributed by atoms with E-state index < -0.39 is 18.5 Å². The highest BCUT2D eigenvalue weighted by Crippen LogP contribution is 2.35. The van der Waals surface area contributed by atoms with E-state index in [0.29, 0.717) is 28.9 Å². The van der Waals surface area contributed by atoms with Crippen LogP contribution in [0.5, 0.6) is 0 Å². The molecule has 4 aromatic rings. The normalized spacial score (nSPS) is 21.6. The number of hydrogen-bond acceptors (Lipinski definition) is 6. The summed E-state index contributed by atoms with van der Waals surface area (Å²) in [4.78, 5) is 15.6. The summed E-state index contributed by atoms with van der Waals surface area (Å²) in [5.41, 5.74) is 9.72. The third-order valence-electron chi connectivity index (χ3n) is 6.87. The van der Waals surface area contributed by atoms with Gasteiger partial charge >= 0.3 is 0 Å². The molecule has 1 aliphatic rings. The lowest BCUT2D eigenvalue weighted by molar-refractivity contribution is 0.127. The molecule has 8 nitrogen and oxygen atoms in total. The first kappa shape index (κ1) is 21.8. The molecular formula is C23H28F2N8. The average Bonchev–Trinajstić information content (AvgIpc) is 3.34. The number of fused-ring (bicyclic) bond motifs is 2. The van der Waals surface area contributed by atoms with Crippen LogP contribution in [-0.2, 0) is 12.1 Å². The zero-order chi connectivity index (χ0) is 23.3. The molecule has 1 fully saturated rings. The topological polar surface area (TPSA) is 90.2 Å². The third-order valence-corrected chi connectivity index (χ3v) is 6.87. The van der Waals surface area contributed by atoms with E-state index in [1.54, 1.807) is 23.8 Å². The first-order valence-corrected chi connectivity index (χ1v) is 11.2. The lowest BCUT2D eigenvalue weighted by atomic mass is 9.79. The minimum atomic E-state index is -2.47. The first-order valence-electron chi connectivity index (χ1n) is 11.2. The van der Waals surface area contributed by atoms with Crippen molar-refractivity contribution in [3.8, 4) is 11.1 Å². The van der Waals surface area contributed by atoms with Gasteiger partial charge in [0.15, 0.2) is 11.5 Å². The molecule has 4 heterocycles. The van der Waals surface area contributed by atoms with Crippen LogP contribution in [0.1, 0.15) is 37.3 Å². The molecule has 0 unspecified atom stereocenters. The number of nitrogens with two attached hydrogens (primary N) is 1. The highest BCUT2D eigenvalue weighted by Gasteiger charge is 2.36. The summed E-state index contributed by atoms with van der Waals surface area (Å²) in [6, 6.07) is 4.32. The maximum absolute atomic E-state index is 13.1. The molecule has 0 saturated heterocycles. The van der Waals surface area contributed by atoms with E-state index in [1.165, 1.54) is 4.57 Å². The van der Waals surface area contributed by atoms with Crippen molar-refractivity contribution in [1.29, 1.82) is 0 Å². The van der Waals surface area contributed by atoms with Gasteiger partial charge in [-0.3, -0.25) is 0 Å². The molecule has 0 spiro atoms. The average molecular weight is 455 g/mol. The Hall–Kier alpha value is -2.98. The predicted octanol–water partition coefficient (Wildman–Crippen LogP) is 3.37. The molecule has 0 aromatic carbocycles. The Kier molecular flexibility index (Phi) is 5.37. The maximum Gasteiger partial charge on any atom is 0.256 e. The van der Waals surface area contributed by atoms with Gasteiger partial charge in [0.2, 0.25) is 0 Å². The highest BCUT2D eigenvalue weighted by atomic mass is 19.3. The number of alkyl halides is 2. The maximum atomic E-state index is 13.1. The van der Waals surface area contributed by atoms with Gasteiger partial charge in [-0.05, 0) is 58.8 Å². The Bertz CT molecular complexity index is 1300. The summed E-state index contributed by atoms with van der Waals surface area (Å²) < 4.78 is 29.4. The molecule has 4 aromatic heterocycles. The second-order valence-electron chi connectivity index (χ2n) is 9.22. The fourth-order valence-electron chi connectivity index (χ4n) is 4.86. The number of nitrogens with zero attached hydrogens (tertiary/aromatic N) is 7. The van der Waals surface area contributed by atoms with Gasteiger partial charge in [0.25, 0.3) is 6.43 Å². The zero-order valence-corrected chi connectivity index (χ0v) is 19.0. The van der Waals surface area contributed by atoms with Crippen molar-refractivity contribution in [2.75, 3.05) is 14.1 Å². The van der Waals surface area contributed by atoms with Crippen LogP contribution in [0.15, 0.2) is 30.7 Å². The van der Waals surface area contributed by atoms with Crippen LogP contribution in [0.4, 0.5) is 8.78 Å². The number of rotatable bonds is 5. The van der Waals surface area contributed by atoms with Crippen LogP contribution < -0.4 is 5.73 Å². The van der Waals surface area contributed by atoms with E-state index in [0.717, 1.165) is 42.3 Å². The molecule has 5 rings (SSSR count). The summed E-state index contributed by atoms with van der Waals surface area (Å²) in [7, 11) is 4.21. The molecule has 0 bridgehead atoms. The Balaban J connectivity index is 1.49. The van der Waals surface area contributed by atoms with Crippen LogP contribution in [0, 0.1) is 6.92 Å². The lowest BCUT2D eigenvalue weighted by Crippen LogP contribution is -2.46. The van der Waals surface area contributed by atoms with E-state index in [1.807, 2.05) is 18.3 Å². The van der Waals surface area contributed by atoms with Crippen molar-refractivity contribution in [2.45, 2.75) is 57.2 Å². The van der Waals surface area contributed by atoms with Crippen LogP contribution in [0.3, 0.4) is 0 Å². The van der Waals surface area contributed by atoms with Crippen LogP contribution in [0.25, 0.3) is 27.8 Å². The summed E-state index contributed by atoms with van der Waals surface area (Å²) in [5, 5.41) is 4.74. The van der Waals surface area contributed by atoms with E-state index in [4.69, 9.17) is 10.8 Å². The number of pyridine rings is 1. The standard InChI is InChI=1S/C23H28F2N8/c1-14-29-21-18(32(14)13-20(24)25)10-15(11-27-21)17-6-9-33-19(17)12-28-22(30-33)23(26)7-4-16(5-8-23)31(2)3/h6,9-12,16,20H,4-5,7-8,13,26H2,1-3H3. The summed E-state index contributed by atoms with van der Waals surface area (Å²) >= 11 is 0. The fourth-order valence-corrected chi connectivity index (χ4v) is 4.86. The Labute approximate surface area is 190 Å². The van der Waals surface area contributed by atoms with Crippen LogP contribution in [-0.4, -0.2) is 60.6 Å². The summed E-state index contributed by atoms with van der Waals surface area (Å²) in [5.74, 6) is 1.16. The van der Waals surface area contributed by atoms with Crippen molar-refractivity contribution in [2.24, 2.45) is 5.73 Å². The monoisotopic (exact) mass is 454 g/mol. The molecule has 0 radical (unpaired) electrons. The molecule has 0 aliphatic heterocycles. The zero-order valence-electron chi connectivity index (χ0n) is 19.0. The minimum absolute atomic E-state index is 0.413. The number of aromatic nitrogens is 6.